The van der Waals surface area contributed by atoms with Crippen LogP contribution in [0, 0.1) is 5.92 Å². The molecule has 0 atom stereocenters. The minimum atomic E-state index is -0.172. The lowest BCUT2D eigenvalue weighted by atomic mass is 9.96. The van der Waals surface area contributed by atoms with E-state index in [0.29, 0.717) is 42.3 Å². The van der Waals surface area contributed by atoms with Gasteiger partial charge in [0.25, 0.3) is 0 Å². The number of nitrogens with one attached hydrogen (secondary N) is 1. The first-order valence-electron chi connectivity index (χ1n) is 6.91. The third-order valence-electron chi connectivity index (χ3n) is 2.55. The van der Waals surface area contributed by atoms with E-state index in [0.717, 1.165) is 0 Å². The van der Waals surface area contributed by atoms with Crippen molar-refractivity contribution >= 4 is 11.5 Å². The van der Waals surface area contributed by atoms with Crippen LogP contribution in [-0.2, 0) is 5.41 Å². The second kappa shape index (κ2) is 6.59. The summed E-state index contributed by atoms with van der Waals surface area (Å²) in [5, 5.41) is 3.13. The number of ether oxygens (including phenoxy) is 1. The maximum atomic E-state index is 6.08. The summed E-state index contributed by atoms with van der Waals surface area (Å²) < 4.78 is 5.71. The largest absolute Gasteiger partial charge is 0.476 e. The van der Waals surface area contributed by atoms with Gasteiger partial charge >= 0.3 is 0 Å². The van der Waals surface area contributed by atoms with E-state index in [-0.39, 0.29) is 5.41 Å². The second-order valence-electron chi connectivity index (χ2n) is 6.24. The van der Waals surface area contributed by atoms with Crippen LogP contribution in [0.25, 0.3) is 0 Å². The van der Waals surface area contributed by atoms with E-state index in [9.17, 15) is 0 Å². The van der Waals surface area contributed by atoms with E-state index in [1.165, 1.54) is 0 Å². The molecule has 0 aliphatic heterocycles. The van der Waals surface area contributed by atoms with Crippen molar-refractivity contribution in [2.24, 2.45) is 5.92 Å². The van der Waals surface area contributed by atoms with Gasteiger partial charge in [0.05, 0.1) is 6.61 Å². The van der Waals surface area contributed by atoms with Crippen molar-refractivity contribution in [3.05, 3.63) is 18.5 Å². The van der Waals surface area contributed by atoms with Gasteiger partial charge in [-0.05, 0) is 5.92 Å². The number of hydrogen-bond acceptors (Lipinski definition) is 5. The second-order valence-corrected chi connectivity index (χ2v) is 6.24. The molecular weight excluding hydrogens is 252 g/mol. The smallest absolute Gasteiger partial charge is 0.242 e. The Morgan fingerprint density at radius 2 is 2.00 bits per heavy atom. The van der Waals surface area contributed by atoms with Crippen LogP contribution in [0.4, 0.5) is 11.5 Å². The number of rotatable bonds is 6. The molecule has 0 fully saturated rings. The molecule has 0 saturated heterocycles. The third-order valence-corrected chi connectivity index (χ3v) is 2.55. The Hall–Kier alpha value is -1.78. The number of nitrogen functional groups attached to an aromatic ring is 1. The minimum Gasteiger partial charge on any atom is -0.476 e. The molecule has 0 amide bonds. The van der Waals surface area contributed by atoms with Gasteiger partial charge in [0, 0.05) is 12.0 Å². The summed E-state index contributed by atoms with van der Waals surface area (Å²) in [5.74, 6) is 2.16. The Balaban J connectivity index is 3.16. The van der Waals surface area contributed by atoms with E-state index >= 15 is 0 Å². The summed E-state index contributed by atoms with van der Waals surface area (Å²) in [6.07, 6.45) is 1.76. The van der Waals surface area contributed by atoms with Crippen molar-refractivity contribution in [2.45, 2.75) is 40.0 Å². The lowest BCUT2D eigenvalue weighted by molar-refractivity contribution is 0.260. The van der Waals surface area contributed by atoms with Crippen LogP contribution in [-0.4, -0.2) is 23.1 Å². The normalized spacial score (nSPS) is 11.5. The summed E-state index contributed by atoms with van der Waals surface area (Å²) in [5.41, 5.74) is 6.35. The average molecular weight is 278 g/mol. The molecule has 0 aliphatic carbocycles. The molecule has 0 spiro atoms. The summed E-state index contributed by atoms with van der Waals surface area (Å²) in [6.45, 7) is 15.2. The maximum absolute atomic E-state index is 6.08. The molecule has 0 bridgehead atoms. The molecule has 1 aromatic heterocycles. The van der Waals surface area contributed by atoms with Crippen molar-refractivity contribution < 1.29 is 4.74 Å². The fourth-order valence-electron chi connectivity index (χ4n) is 1.44. The van der Waals surface area contributed by atoms with E-state index in [2.05, 4.69) is 56.5 Å². The minimum absolute atomic E-state index is 0.172. The van der Waals surface area contributed by atoms with Gasteiger partial charge in [-0.15, -0.1) is 6.58 Å². The first-order valence-corrected chi connectivity index (χ1v) is 6.91. The molecule has 112 valence electrons. The summed E-state index contributed by atoms with van der Waals surface area (Å²) in [4.78, 5) is 8.95. The molecule has 20 heavy (non-hydrogen) atoms. The van der Waals surface area contributed by atoms with Crippen molar-refractivity contribution in [3.63, 3.8) is 0 Å². The molecule has 5 nitrogen and oxygen atoms in total. The Morgan fingerprint density at radius 3 is 2.50 bits per heavy atom. The Kier molecular flexibility index (Phi) is 5.36. The fraction of sp³-hybridized carbons (Fsp3) is 0.600. The topological polar surface area (TPSA) is 73.1 Å². The standard InChI is InChI=1S/C15H26N4O/c1-7-8-17-12-11(16)13(20-9-10(2)3)19-14(18-12)15(4,5)6/h7,10H,1,8-9,16H2,2-6H3,(H,17,18,19). The maximum Gasteiger partial charge on any atom is 0.242 e. The van der Waals surface area contributed by atoms with Crippen molar-refractivity contribution in [1.29, 1.82) is 0 Å². The zero-order valence-electron chi connectivity index (χ0n) is 13.2. The van der Waals surface area contributed by atoms with E-state index in [4.69, 9.17) is 10.5 Å². The zero-order valence-corrected chi connectivity index (χ0v) is 13.2. The molecule has 0 unspecified atom stereocenters. The third kappa shape index (κ3) is 4.40. The van der Waals surface area contributed by atoms with Crippen molar-refractivity contribution in [1.82, 2.24) is 9.97 Å². The van der Waals surface area contributed by atoms with Gasteiger partial charge < -0.3 is 15.8 Å². The van der Waals surface area contributed by atoms with E-state index < -0.39 is 0 Å². The first kappa shape index (κ1) is 16.3. The lowest BCUT2D eigenvalue weighted by Gasteiger charge is -2.20. The summed E-state index contributed by atoms with van der Waals surface area (Å²) in [7, 11) is 0. The molecule has 1 rings (SSSR count). The summed E-state index contributed by atoms with van der Waals surface area (Å²) in [6, 6.07) is 0. The number of nitrogens with two attached hydrogens (primary N) is 1. The van der Waals surface area contributed by atoms with Crippen molar-refractivity contribution in [3.8, 4) is 5.88 Å². The molecule has 5 heteroatoms. The predicted octanol–water partition coefficient (Wildman–Crippen LogP) is 2.99. The Labute approximate surface area is 121 Å². The average Bonchev–Trinajstić information content (AvgIpc) is 2.34. The van der Waals surface area contributed by atoms with Crippen LogP contribution in [0.2, 0.25) is 0 Å². The predicted molar refractivity (Wildman–Crippen MR) is 84.2 cm³/mol. The number of hydrogen-bond donors (Lipinski definition) is 2. The molecule has 0 saturated carbocycles. The number of aromatic nitrogens is 2. The highest BCUT2D eigenvalue weighted by Crippen LogP contribution is 2.30. The van der Waals surface area contributed by atoms with Crippen LogP contribution >= 0.6 is 0 Å². The Morgan fingerprint density at radius 1 is 1.35 bits per heavy atom. The highest BCUT2D eigenvalue weighted by molar-refractivity contribution is 5.67. The molecule has 1 heterocycles. The van der Waals surface area contributed by atoms with Crippen LogP contribution in [0.5, 0.6) is 5.88 Å². The number of anilines is 2. The van der Waals surface area contributed by atoms with Crippen molar-refractivity contribution in [2.75, 3.05) is 24.2 Å². The molecule has 3 N–H and O–H groups in total. The number of nitrogens with zero attached hydrogens (tertiary/aromatic N) is 2. The SMILES string of the molecule is C=CCNc1nc(C(C)(C)C)nc(OCC(C)C)c1N. The molecule has 0 radical (unpaired) electrons. The fourth-order valence-corrected chi connectivity index (χ4v) is 1.44. The molecular formula is C15H26N4O. The molecule has 0 aliphatic rings. The van der Waals surface area contributed by atoms with Gasteiger partial charge in [-0.2, -0.15) is 4.98 Å². The van der Waals surface area contributed by atoms with Crippen LogP contribution in [0.15, 0.2) is 12.7 Å². The quantitative estimate of drug-likeness (QED) is 0.783. The highest BCUT2D eigenvalue weighted by atomic mass is 16.5. The van der Waals surface area contributed by atoms with Gasteiger partial charge in [0.15, 0.2) is 5.82 Å². The van der Waals surface area contributed by atoms with Crippen LogP contribution in [0.1, 0.15) is 40.4 Å². The van der Waals surface area contributed by atoms with E-state index in [1.807, 2.05) is 0 Å². The van der Waals surface area contributed by atoms with Gasteiger partial charge in [-0.3, -0.25) is 0 Å². The molecule has 1 aromatic rings. The highest BCUT2D eigenvalue weighted by Gasteiger charge is 2.22. The zero-order chi connectivity index (χ0) is 15.3. The Bertz CT molecular complexity index is 464. The van der Waals surface area contributed by atoms with Gasteiger partial charge in [-0.25, -0.2) is 4.98 Å². The van der Waals surface area contributed by atoms with Crippen LogP contribution in [0.3, 0.4) is 0 Å². The lowest BCUT2D eigenvalue weighted by Crippen LogP contribution is -2.20. The van der Waals surface area contributed by atoms with Gasteiger partial charge in [0.2, 0.25) is 5.88 Å². The van der Waals surface area contributed by atoms with Gasteiger partial charge in [-0.1, -0.05) is 40.7 Å². The van der Waals surface area contributed by atoms with Gasteiger partial charge in [0.1, 0.15) is 11.5 Å². The molecule has 0 aromatic carbocycles. The monoisotopic (exact) mass is 278 g/mol. The van der Waals surface area contributed by atoms with E-state index in [1.54, 1.807) is 6.08 Å². The summed E-state index contributed by atoms with van der Waals surface area (Å²) >= 11 is 0. The first-order chi connectivity index (χ1) is 9.25. The van der Waals surface area contributed by atoms with Crippen LogP contribution < -0.4 is 15.8 Å².